The Labute approximate surface area is 100 Å². The van der Waals surface area contributed by atoms with Crippen LogP contribution in [0.3, 0.4) is 0 Å². The molecule has 0 saturated heterocycles. The van der Waals surface area contributed by atoms with Crippen LogP contribution in [0.2, 0.25) is 0 Å². The van der Waals surface area contributed by atoms with Gasteiger partial charge in [0.2, 0.25) is 0 Å². The minimum atomic E-state index is -0.632. The van der Waals surface area contributed by atoms with Crippen LogP contribution in [0.1, 0.15) is 36.1 Å². The second-order valence-corrected chi connectivity index (χ2v) is 4.68. The molecule has 1 aliphatic rings. The van der Waals surface area contributed by atoms with Gasteiger partial charge in [-0.15, -0.1) is 5.10 Å². The molecule has 2 N–H and O–H groups in total. The highest BCUT2D eigenvalue weighted by molar-refractivity contribution is 5.55. The molecule has 0 unspecified atom stereocenters. The highest BCUT2D eigenvalue weighted by atomic mass is 16.3. The third-order valence-electron chi connectivity index (χ3n) is 3.44. The van der Waals surface area contributed by atoms with Crippen molar-refractivity contribution in [3.8, 4) is 6.07 Å². The second kappa shape index (κ2) is 4.30. The molecule has 5 heteroatoms. The topological polar surface area (TPSA) is 81.8 Å². The number of nitriles is 1. The highest BCUT2D eigenvalue weighted by Crippen LogP contribution is 2.31. The Morgan fingerprint density at radius 3 is 2.65 bits per heavy atom. The molecule has 0 spiro atoms. The monoisotopic (exact) mass is 232 g/mol. The van der Waals surface area contributed by atoms with Gasteiger partial charge in [0, 0.05) is 6.54 Å². The summed E-state index contributed by atoms with van der Waals surface area (Å²) in [4.78, 5) is 0. The zero-order chi connectivity index (χ0) is 12.5. The number of rotatable bonds is 3. The predicted octanol–water partition coefficient (Wildman–Crippen LogP) is 1.29. The summed E-state index contributed by atoms with van der Waals surface area (Å²) in [5, 5.41) is 30.1. The van der Waals surface area contributed by atoms with Crippen LogP contribution < -0.4 is 5.32 Å². The van der Waals surface area contributed by atoms with Crippen molar-refractivity contribution in [2.45, 2.75) is 38.7 Å². The maximum Gasteiger partial charge on any atom is 0.167 e. The van der Waals surface area contributed by atoms with Crippen LogP contribution in [0.5, 0.6) is 0 Å². The van der Waals surface area contributed by atoms with Crippen LogP contribution in [0.4, 0.5) is 5.82 Å². The maximum atomic E-state index is 9.97. The molecule has 1 aromatic heterocycles. The summed E-state index contributed by atoms with van der Waals surface area (Å²) in [6.45, 7) is 4.11. The molecule has 0 radical (unpaired) electrons. The Kier molecular flexibility index (Phi) is 2.99. The molecular weight excluding hydrogens is 216 g/mol. The first-order valence-corrected chi connectivity index (χ1v) is 5.76. The number of aryl methyl sites for hydroxylation is 1. The zero-order valence-electron chi connectivity index (χ0n) is 10.1. The minimum absolute atomic E-state index is 0.429. The van der Waals surface area contributed by atoms with Gasteiger partial charge in [-0.05, 0) is 38.7 Å². The molecule has 1 aliphatic carbocycles. The number of nitrogens with one attached hydrogen (secondary N) is 1. The van der Waals surface area contributed by atoms with Gasteiger partial charge in [-0.1, -0.05) is 0 Å². The fraction of sp³-hybridized carbons (Fsp3) is 0.583. The van der Waals surface area contributed by atoms with E-state index in [0.717, 1.165) is 30.5 Å². The van der Waals surface area contributed by atoms with Crippen molar-refractivity contribution in [2.75, 3.05) is 11.9 Å². The molecule has 1 saturated carbocycles. The molecule has 0 atom stereocenters. The predicted molar refractivity (Wildman–Crippen MR) is 63.5 cm³/mol. The van der Waals surface area contributed by atoms with E-state index in [9.17, 15) is 5.11 Å². The second-order valence-electron chi connectivity index (χ2n) is 4.68. The molecule has 0 aromatic carbocycles. The molecule has 1 aromatic rings. The molecule has 0 bridgehead atoms. The van der Waals surface area contributed by atoms with Gasteiger partial charge < -0.3 is 10.4 Å². The number of nitrogens with zero attached hydrogens (tertiary/aromatic N) is 3. The van der Waals surface area contributed by atoms with Gasteiger partial charge in [0.25, 0.3) is 0 Å². The Morgan fingerprint density at radius 2 is 2.12 bits per heavy atom. The normalized spacial score (nSPS) is 17.1. The van der Waals surface area contributed by atoms with Crippen molar-refractivity contribution in [2.24, 2.45) is 0 Å². The quantitative estimate of drug-likeness (QED) is 0.820. The van der Waals surface area contributed by atoms with E-state index < -0.39 is 5.60 Å². The summed E-state index contributed by atoms with van der Waals surface area (Å²) in [5.41, 5.74) is 1.48. The lowest BCUT2D eigenvalue weighted by atomic mass is 9.80. The maximum absolute atomic E-state index is 9.97. The number of aliphatic hydroxyl groups is 1. The van der Waals surface area contributed by atoms with E-state index in [0.29, 0.717) is 17.9 Å². The summed E-state index contributed by atoms with van der Waals surface area (Å²) in [7, 11) is 0. The van der Waals surface area contributed by atoms with Crippen molar-refractivity contribution in [3.05, 3.63) is 16.8 Å². The number of hydrogen-bond donors (Lipinski definition) is 2. The van der Waals surface area contributed by atoms with Crippen LogP contribution in [-0.2, 0) is 0 Å². The van der Waals surface area contributed by atoms with Crippen LogP contribution in [0.25, 0.3) is 0 Å². The van der Waals surface area contributed by atoms with E-state index in [2.05, 4.69) is 21.6 Å². The fourth-order valence-corrected chi connectivity index (χ4v) is 1.88. The molecule has 5 nitrogen and oxygen atoms in total. The average Bonchev–Trinajstić information content (AvgIpc) is 2.28. The molecular formula is C12H16N4O. The van der Waals surface area contributed by atoms with E-state index in [4.69, 9.17) is 5.26 Å². The zero-order valence-corrected chi connectivity index (χ0v) is 10.1. The Hall–Kier alpha value is -1.67. The van der Waals surface area contributed by atoms with Crippen molar-refractivity contribution < 1.29 is 5.11 Å². The van der Waals surface area contributed by atoms with Crippen LogP contribution in [-0.4, -0.2) is 27.4 Å². The summed E-state index contributed by atoms with van der Waals surface area (Å²) >= 11 is 0. The third-order valence-corrected chi connectivity index (χ3v) is 3.44. The first-order valence-electron chi connectivity index (χ1n) is 5.76. The molecule has 0 aliphatic heterocycles. The van der Waals surface area contributed by atoms with E-state index in [1.54, 1.807) is 0 Å². The summed E-state index contributed by atoms with van der Waals surface area (Å²) in [6, 6.07) is 2.13. The first kappa shape index (κ1) is 11.8. The smallest absolute Gasteiger partial charge is 0.167 e. The summed E-state index contributed by atoms with van der Waals surface area (Å²) in [5.74, 6) is 0.468. The summed E-state index contributed by atoms with van der Waals surface area (Å²) in [6.07, 6.45) is 2.67. The van der Waals surface area contributed by atoms with Crippen molar-refractivity contribution in [1.82, 2.24) is 10.2 Å². The Bertz CT molecular complexity index is 474. The standard InChI is InChI=1S/C12H16N4O/c1-8-9(2)15-16-11(10(8)6-13)14-7-12(17)4-3-5-12/h17H,3-5,7H2,1-2H3,(H,14,16). The van der Waals surface area contributed by atoms with E-state index in [1.165, 1.54) is 0 Å². The lowest BCUT2D eigenvalue weighted by Gasteiger charge is -2.36. The van der Waals surface area contributed by atoms with E-state index in [-0.39, 0.29) is 0 Å². The molecule has 1 heterocycles. The van der Waals surface area contributed by atoms with Gasteiger partial charge in [-0.2, -0.15) is 10.4 Å². The van der Waals surface area contributed by atoms with Crippen molar-refractivity contribution >= 4 is 5.82 Å². The molecule has 90 valence electrons. The lowest BCUT2D eigenvalue weighted by Crippen LogP contribution is -2.43. The fourth-order valence-electron chi connectivity index (χ4n) is 1.88. The molecule has 1 fully saturated rings. The van der Waals surface area contributed by atoms with Gasteiger partial charge in [-0.3, -0.25) is 0 Å². The molecule has 2 rings (SSSR count). The van der Waals surface area contributed by atoms with Crippen molar-refractivity contribution in [3.63, 3.8) is 0 Å². The third kappa shape index (κ3) is 2.22. The number of hydrogen-bond acceptors (Lipinski definition) is 5. The van der Waals surface area contributed by atoms with Gasteiger partial charge in [-0.25, -0.2) is 0 Å². The average molecular weight is 232 g/mol. The van der Waals surface area contributed by atoms with Crippen LogP contribution in [0, 0.1) is 25.2 Å². The summed E-state index contributed by atoms with van der Waals surface area (Å²) < 4.78 is 0. The number of aromatic nitrogens is 2. The largest absolute Gasteiger partial charge is 0.388 e. The minimum Gasteiger partial charge on any atom is -0.388 e. The molecule has 0 amide bonds. The van der Waals surface area contributed by atoms with Gasteiger partial charge >= 0.3 is 0 Å². The van der Waals surface area contributed by atoms with Crippen LogP contribution in [0.15, 0.2) is 0 Å². The van der Waals surface area contributed by atoms with E-state index in [1.807, 2.05) is 13.8 Å². The van der Waals surface area contributed by atoms with Gasteiger partial charge in [0.05, 0.1) is 11.3 Å². The number of anilines is 1. The Morgan fingerprint density at radius 1 is 1.41 bits per heavy atom. The SMILES string of the molecule is Cc1nnc(NCC2(O)CCC2)c(C#N)c1C. The van der Waals surface area contributed by atoms with Gasteiger partial charge in [0.15, 0.2) is 5.82 Å². The molecule has 17 heavy (non-hydrogen) atoms. The van der Waals surface area contributed by atoms with Crippen molar-refractivity contribution in [1.29, 1.82) is 5.26 Å². The van der Waals surface area contributed by atoms with Crippen LogP contribution >= 0.6 is 0 Å². The highest BCUT2D eigenvalue weighted by Gasteiger charge is 2.34. The Balaban J connectivity index is 2.16. The van der Waals surface area contributed by atoms with Gasteiger partial charge in [0.1, 0.15) is 11.6 Å². The first-order chi connectivity index (χ1) is 8.06. The lowest BCUT2D eigenvalue weighted by molar-refractivity contribution is -0.0202. The van der Waals surface area contributed by atoms with E-state index >= 15 is 0 Å².